The van der Waals surface area contributed by atoms with Crippen molar-refractivity contribution in [1.82, 2.24) is 0 Å². The molecule has 2 fully saturated rings. The fourth-order valence-electron chi connectivity index (χ4n) is 8.43. The molecule has 0 aliphatic heterocycles. The molecule has 152 valence electrons. The van der Waals surface area contributed by atoms with Crippen molar-refractivity contribution in [2.24, 2.45) is 52.8 Å². The van der Waals surface area contributed by atoms with Gasteiger partial charge in [-0.1, -0.05) is 36.5 Å². The molecule has 2 nitrogen and oxygen atoms in total. The molecular formula is C27H32O2. The van der Waals surface area contributed by atoms with Gasteiger partial charge in [0.15, 0.2) is 0 Å². The summed E-state index contributed by atoms with van der Waals surface area (Å²) < 4.78 is 0. The van der Waals surface area contributed by atoms with Gasteiger partial charge in [-0.2, -0.15) is 0 Å². The fraction of sp³-hybridized carbons (Fsp3) is 0.556. The Labute approximate surface area is 174 Å². The van der Waals surface area contributed by atoms with Crippen molar-refractivity contribution >= 4 is 0 Å². The molecule has 2 saturated carbocycles. The van der Waals surface area contributed by atoms with Crippen molar-refractivity contribution in [3.63, 3.8) is 0 Å². The van der Waals surface area contributed by atoms with Gasteiger partial charge >= 0.3 is 0 Å². The minimum Gasteiger partial charge on any atom is -0.508 e. The summed E-state index contributed by atoms with van der Waals surface area (Å²) in [6.45, 7) is 0. The number of aliphatic hydroxyl groups excluding tert-OH is 2. The summed E-state index contributed by atoms with van der Waals surface area (Å²) in [5, 5.41) is 19.8. The highest BCUT2D eigenvalue weighted by molar-refractivity contribution is 5.36. The van der Waals surface area contributed by atoms with Crippen molar-refractivity contribution < 1.29 is 10.2 Å². The van der Waals surface area contributed by atoms with Gasteiger partial charge in [-0.3, -0.25) is 0 Å². The van der Waals surface area contributed by atoms with Crippen molar-refractivity contribution in [2.45, 2.75) is 38.5 Å². The second-order valence-corrected chi connectivity index (χ2v) is 10.2. The Morgan fingerprint density at radius 1 is 0.759 bits per heavy atom. The van der Waals surface area contributed by atoms with Crippen LogP contribution in [0.15, 0.2) is 72.3 Å². The maximum absolute atomic E-state index is 9.91. The molecule has 6 aliphatic carbocycles. The average Bonchev–Trinajstić information content (AvgIpc) is 3.36. The van der Waals surface area contributed by atoms with Gasteiger partial charge in [-0.25, -0.2) is 0 Å². The number of hydrogen-bond acceptors (Lipinski definition) is 2. The molecule has 8 atom stereocenters. The highest BCUT2D eigenvalue weighted by Crippen LogP contribution is 2.81. The quantitative estimate of drug-likeness (QED) is 0.535. The van der Waals surface area contributed by atoms with Crippen LogP contribution in [0.2, 0.25) is 0 Å². The Morgan fingerprint density at radius 2 is 1.38 bits per heavy atom. The van der Waals surface area contributed by atoms with Crippen LogP contribution < -0.4 is 0 Å². The van der Waals surface area contributed by atoms with Gasteiger partial charge in [0.1, 0.15) is 11.5 Å². The van der Waals surface area contributed by atoms with E-state index in [0.717, 1.165) is 30.6 Å². The standard InChI is InChI=1S/C27H32O2/c28-19-13-9-17(10-14-19)25-26(18-11-15-20(29)16-12-18)27(25)23-7-3-1-5-21(23)22-6-2-4-8-24(22)27/h1,4-5,8-9,11,13-18,21-26,28-29H,2-3,6-7,10,12H2. The summed E-state index contributed by atoms with van der Waals surface area (Å²) in [4.78, 5) is 0. The van der Waals surface area contributed by atoms with Gasteiger partial charge in [0.05, 0.1) is 0 Å². The summed E-state index contributed by atoms with van der Waals surface area (Å²) in [6.07, 6.45) is 29.7. The third kappa shape index (κ3) is 2.47. The molecule has 0 bridgehead atoms. The predicted octanol–water partition coefficient (Wildman–Crippen LogP) is 6.43. The van der Waals surface area contributed by atoms with Crippen molar-refractivity contribution in [1.29, 1.82) is 0 Å². The van der Waals surface area contributed by atoms with Crippen LogP contribution in [0, 0.1) is 52.8 Å². The fourth-order valence-corrected chi connectivity index (χ4v) is 8.43. The third-order valence-electron chi connectivity index (χ3n) is 9.23. The largest absolute Gasteiger partial charge is 0.508 e. The van der Waals surface area contributed by atoms with Gasteiger partial charge in [-0.05, 0) is 116 Å². The molecule has 0 aromatic heterocycles. The third-order valence-corrected chi connectivity index (χ3v) is 9.23. The number of allylic oxidation sites excluding steroid dienone is 10. The van der Waals surface area contributed by atoms with Crippen molar-refractivity contribution in [3.8, 4) is 0 Å². The number of rotatable bonds is 2. The first-order valence-corrected chi connectivity index (χ1v) is 11.7. The van der Waals surface area contributed by atoms with Crippen molar-refractivity contribution in [3.05, 3.63) is 72.3 Å². The summed E-state index contributed by atoms with van der Waals surface area (Å²) in [6, 6.07) is 0. The van der Waals surface area contributed by atoms with E-state index >= 15 is 0 Å². The molecule has 6 rings (SSSR count). The van der Waals surface area contributed by atoms with E-state index < -0.39 is 0 Å². The average molecular weight is 389 g/mol. The predicted molar refractivity (Wildman–Crippen MR) is 116 cm³/mol. The zero-order chi connectivity index (χ0) is 19.6. The molecular weight excluding hydrogens is 356 g/mol. The second-order valence-electron chi connectivity index (χ2n) is 10.2. The SMILES string of the molecule is OC1=CCC(C2C(C3C=CC(O)=CC3)C23C2C=CCCC2C2C=CCCC23)C=C1. The second kappa shape index (κ2) is 6.52. The number of fused-ring (bicyclic) bond motifs is 5. The molecule has 8 unspecified atom stereocenters. The van der Waals surface area contributed by atoms with Crippen LogP contribution in [-0.4, -0.2) is 10.2 Å². The minimum atomic E-state index is 0.391. The zero-order valence-electron chi connectivity index (χ0n) is 17.0. The van der Waals surface area contributed by atoms with Crippen LogP contribution in [0.5, 0.6) is 0 Å². The van der Waals surface area contributed by atoms with E-state index in [1.807, 2.05) is 24.3 Å². The van der Waals surface area contributed by atoms with Crippen molar-refractivity contribution in [2.75, 3.05) is 0 Å². The topological polar surface area (TPSA) is 40.5 Å². The molecule has 0 radical (unpaired) electrons. The number of aliphatic hydroxyl groups is 2. The molecule has 2 N–H and O–H groups in total. The lowest BCUT2D eigenvalue weighted by Gasteiger charge is -2.32. The van der Waals surface area contributed by atoms with Crippen LogP contribution in [0.1, 0.15) is 38.5 Å². The first-order chi connectivity index (χ1) is 14.2. The molecule has 0 aromatic carbocycles. The smallest absolute Gasteiger partial charge is 0.111 e. The van der Waals surface area contributed by atoms with Gasteiger partial charge in [-0.15, -0.1) is 0 Å². The Bertz CT molecular complexity index is 827. The van der Waals surface area contributed by atoms with E-state index in [0.29, 0.717) is 46.5 Å². The molecule has 6 aliphatic rings. The highest BCUT2D eigenvalue weighted by Gasteiger charge is 2.78. The Kier molecular flexibility index (Phi) is 4.02. The zero-order valence-corrected chi connectivity index (χ0v) is 17.0. The maximum Gasteiger partial charge on any atom is 0.111 e. The van der Waals surface area contributed by atoms with E-state index in [-0.39, 0.29) is 0 Å². The normalized spacial score (nSPS) is 49.5. The van der Waals surface area contributed by atoms with Crippen LogP contribution in [0.25, 0.3) is 0 Å². The Morgan fingerprint density at radius 3 is 2.00 bits per heavy atom. The molecule has 29 heavy (non-hydrogen) atoms. The summed E-state index contributed by atoms with van der Waals surface area (Å²) in [5.74, 6) is 6.34. The Hall–Kier alpha value is -1.96. The van der Waals surface area contributed by atoms with E-state index in [9.17, 15) is 10.2 Å². The number of hydrogen-bond donors (Lipinski definition) is 2. The van der Waals surface area contributed by atoms with Gasteiger partial charge < -0.3 is 10.2 Å². The summed E-state index contributed by atoms with van der Waals surface area (Å²) in [7, 11) is 0. The van der Waals surface area contributed by atoms with E-state index in [2.05, 4.69) is 36.5 Å². The first kappa shape index (κ1) is 17.9. The van der Waals surface area contributed by atoms with E-state index in [1.165, 1.54) is 25.7 Å². The molecule has 1 spiro atoms. The van der Waals surface area contributed by atoms with Gasteiger partial charge in [0.25, 0.3) is 0 Å². The van der Waals surface area contributed by atoms with E-state index in [1.54, 1.807) is 0 Å². The molecule has 0 heterocycles. The minimum absolute atomic E-state index is 0.391. The van der Waals surface area contributed by atoms with Crippen LogP contribution in [0.3, 0.4) is 0 Å². The van der Waals surface area contributed by atoms with Gasteiger partial charge in [0.2, 0.25) is 0 Å². The monoisotopic (exact) mass is 388 g/mol. The molecule has 0 amide bonds. The maximum atomic E-state index is 9.91. The van der Waals surface area contributed by atoms with Gasteiger partial charge in [0, 0.05) is 0 Å². The lowest BCUT2D eigenvalue weighted by atomic mass is 9.72. The van der Waals surface area contributed by atoms with Crippen LogP contribution in [0.4, 0.5) is 0 Å². The molecule has 0 saturated heterocycles. The first-order valence-electron chi connectivity index (χ1n) is 11.7. The summed E-state index contributed by atoms with van der Waals surface area (Å²) >= 11 is 0. The van der Waals surface area contributed by atoms with Crippen LogP contribution in [-0.2, 0) is 0 Å². The Balaban J connectivity index is 1.43. The highest BCUT2D eigenvalue weighted by atomic mass is 16.3. The van der Waals surface area contributed by atoms with E-state index in [4.69, 9.17) is 0 Å². The van der Waals surface area contributed by atoms with Crippen LogP contribution >= 0.6 is 0 Å². The lowest BCUT2D eigenvalue weighted by Crippen LogP contribution is -2.26. The molecule has 2 heteroatoms. The summed E-state index contributed by atoms with van der Waals surface area (Å²) in [5.41, 5.74) is 0.391. The molecule has 0 aromatic rings. The lowest BCUT2D eigenvalue weighted by molar-refractivity contribution is 0.209.